The fourth-order valence-electron chi connectivity index (χ4n) is 2.60. The predicted molar refractivity (Wildman–Crippen MR) is 78.4 cm³/mol. The maximum absolute atomic E-state index is 13.4. The minimum atomic E-state index is -3.65. The van der Waals surface area contributed by atoms with Crippen molar-refractivity contribution in [3.05, 3.63) is 24.0 Å². The van der Waals surface area contributed by atoms with Crippen LogP contribution in [0.2, 0.25) is 0 Å². The fourth-order valence-corrected chi connectivity index (χ4v) is 3.99. The van der Waals surface area contributed by atoms with Crippen LogP contribution in [0.1, 0.15) is 12.8 Å². The number of hydrogen-bond donors (Lipinski definition) is 0. The zero-order valence-corrected chi connectivity index (χ0v) is 13.4. The smallest absolute Gasteiger partial charge is 0.243 e. The molecule has 1 aliphatic rings. The topological polar surface area (TPSA) is 49.9 Å². The summed E-state index contributed by atoms with van der Waals surface area (Å²) in [6, 6.07) is 3.56. The number of halogens is 1. The number of ether oxygens (including phenoxy) is 1. The molecule has 0 bridgehead atoms. The Hall–Kier alpha value is -1.18. The van der Waals surface area contributed by atoms with Gasteiger partial charge in [-0.1, -0.05) is 0 Å². The number of rotatable bonds is 4. The van der Waals surface area contributed by atoms with Crippen molar-refractivity contribution in [2.45, 2.75) is 23.8 Å². The van der Waals surface area contributed by atoms with Gasteiger partial charge in [-0.05, 0) is 38.6 Å². The molecule has 7 heteroatoms. The summed E-state index contributed by atoms with van der Waals surface area (Å²) >= 11 is 0. The first-order valence-electron chi connectivity index (χ1n) is 6.86. The summed E-state index contributed by atoms with van der Waals surface area (Å²) in [7, 11) is 1.22. The summed E-state index contributed by atoms with van der Waals surface area (Å²) in [6.45, 7) is 1.68. The summed E-state index contributed by atoms with van der Waals surface area (Å²) in [6.07, 6.45) is 1.80. The van der Waals surface area contributed by atoms with Gasteiger partial charge in [0.15, 0.2) is 11.6 Å². The van der Waals surface area contributed by atoms with E-state index in [9.17, 15) is 12.8 Å². The van der Waals surface area contributed by atoms with Crippen molar-refractivity contribution in [1.82, 2.24) is 9.21 Å². The van der Waals surface area contributed by atoms with Crippen LogP contribution < -0.4 is 4.74 Å². The van der Waals surface area contributed by atoms with Crippen LogP contribution in [0.25, 0.3) is 0 Å². The molecule has 0 aliphatic carbocycles. The van der Waals surface area contributed by atoms with Crippen molar-refractivity contribution in [3.8, 4) is 5.75 Å². The van der Waals surface area contributed by atoms with Gasteiger partial charge in [-0.25, -0.2) is 12.8 Å². The quantitative estimate of drug-likeness (QED) is 0.846. The van der Waals surface area contributed by atoms with Crippen molar-refractivity contribution < 1.29 is 17.5 Å². The summed E-state index contributed by atoms with van der Waals surface area (Å²) in [5.41, 5.74) is 0. The molecule has 5 nitrogen and oxygen atoms in total. The lowest BCUT2D eigenvalue weighted by molar-refractivity contribution is 0.187. The summed E-state index contributed by atoms with van der Waals surface area (Å²) in [5, 5.41) is 0. The van der Waals surface area contributed by atoms with Crippen LogP contribution in [0.15, 0.2) is 23.1 Å². The minimum Gasteiger partial charge on any atom is -0.494 e. The Morgan fingerprint density at radius 1 is 1.43 bits per heavy atom. The fraction of sp³-hybridized carbons (Fsp3) is 0.571. The summed E-state index contributed by atoms with van der Waals surface area (Å²) in [5.74, 6) is -0.637. The van der Waals surface area contributed by atoms with E-state index < -0.39 is 15.8 Å². The molecule has 0 radical (unpaired) electrons. The zero-order valence-electron chi connectivity index (χ0n) is 12.5. The third-order valence-corrected chi connectivity index (χ3v) is 5.82. The molecule has 1 aromatic rings. The second-order valence-electron chi connectivity index (χ2n) is 5.38. The normalized spacial score (nSPS) is 20.7. The first-order chi connectivity index (χ1) is 9.86. The van der Waals surface area contributed by atoms with Crippen LogP contribution in [0, 0.1) is 5.82 Å². The van der Waals surface area contributed by atoms with Crippen molar-refractivity contribution in [2.75, 3.05) is 34.3 Å². The lowest BCUT2D eigenvalue weighted by atomic mass is 10.1. The van der Waals surface area contributed by atoms with Crippen LogP contribution in [-0.4, -0.2) is 58.0 Å². The molecule has 1 atom stereocenters. The SMILES string of the molecule is COc1cc(S(=O)(=O)N(C)[C@H]2CCCN(C)C2)ccc1F. The molecule has 0 unspecified atom stereocenters. The Labute approximate surface area is 125 Å². The predicted octanol–water partition coefficient (Wildman–Crippen LogP) is 1.55. The number of hydrogen-bond acceptors (Lipinski definition) is 4. The maximum Gasteiger partial charge on any atom is 0.243 e. The lowest BCUT2D eigenvalue weighted by Crippen LogP contribution is -2.47. The number of piperidine rings is 1. The Balaban J connectivity index is 2.28. The van der Waals surface area contributed by atoms with Gasteiger partial charge < -0.3 is 9.64 Å². The molecule has 21 heavy (non-hydrogen) atoms. The van der Waals surface area contributed by atoms with Crippen LogP contribution in [0.3, 0.4) is 0 Å². The minimum absolute atomic E-state index is 0.0523. The van der Waals surface area contributed by atoms with Crippen LogP contribution in [0.4, 0.5) is 4.39 Å². The van der Waals surface area contributed by atoms with Gasteiger partial charge >= 0.3 is 0 Å². The molecular formula is C14H21FN2O3S. The van der Waals surface area contributed by atoms with Crippen molar-refractivity contribution in [3.63, 3.8) is 0 Å². The Morgan fingerprint density at radius 3 is 2.76 bits per heavy atom. The highest BCUT2D eigenvalue weighted by Crippen LogP contribution is 2.26. The average Bonchev–Trinajstić information content (AvgIpc) is 2.46. The van der Waals surface area contributed by atoms with Crippen molar-refractivity contribution >= 4 is 10.0 Å². The summed E-state index contributed by atoms with van der Waals surface area (Å²) < 4.78 is 45.0. The van der Waals surface area contributed by atoms with Crippen molar-refractivity contribution in [1.29, 1.82) is 0 Å². The third kappa shape index (κ3) is 3.36. The summed E-state index contributed by atoms with van der Waals surface area (Å²) in [4.78, 5) is 2.17. The number of nitrogens with zero attached hydrogens (tertiary/aromatic N) is 2. The van der Waals surface area contributed by atoms with E-state index in [4.69, 9.17) is 4.74 Å². The first-order valence-corrected chi connectivity index (χ1v) is 8.30. The lowest BCUT2D eigenvalue weighted by Gasteiger charge is -2.35. The van der Waals surface area contributed by atoms with E-state index in [0.29, 0.717) is 6.54 Å². The molecule has 0 spiro atoms. The molecule has 0 N–H and O–H groups in total. The molecule has 0 saturated carbocycles. The van der Waals surface area contributed by atoms with Gasteiger partial charge in [0.2, 0.25) is 10.0 Å². The molecule has 1 fully saturated rings. The molecule has 1 saturated heterocycles. The monoisotopic (exact) mass is 316 g/mol. The van der Waals surface area contributed by atoms with Gasteiger partial charge in [-0.2, -0.15) is 4.31 Å². The van der Waals surface area contributed by atoms with Gasteiger partial charge in [0.05, 0.1) is 12.0 Å². The van der Waals surface area contributed by atoms with Crippen molar-refractivity contribution in [2.24, 2.45) is 0 Å². The number of likely N-dealkylation sites (tertiary alicyclic amines) is 1. The largest absolute Gasteiger partial charge is 0.494 e. The second-order valence-corrected chi connectivity index (χ2v) is 7.37. The van der Waals surface area contributed by atoms with Crippen LogP contribution in [-0.2, 0) is 10.0 Å². The maximum atomic E-state index is 13.4. The zero-order chi connectivity index (χ0) is 15.6. The van der Waals surface area contributed by atoms with Gasteiger partial charge in [0.1, 0.15) is 0 Å². The molecular weight excluding hydrogens is 295 g/mol. The first kappa shape index (κ1) is 16.2. The van der Waals surface area contributed by atoms with E-state index in [1.807, 2.05) is 7.05 Å². The highest BCUT2D eigenvalue weighted by Gasteiger charge is 2.31. The number of benzene rings is 1. The average molecular weight is 316 g/mol. The highest BCUT2D eigenvalue weighted by molar-refractivity contribution is 7.89. The highest BCUT2D eigenvalue weighted by atomic mass is 32.2. The third-order valence-electron chi connectivity index (χ3n) is 3.91. The van der Waals surface area contributed by atoms with E-state index in [1.165, 1.54) is 23.5 Å². The second kappa shape index (κ2) is 6.29. The Bertz CT molecular complexity index is 606. The van der Waals surface area contributed by atoms with Gasteiger partial charge in [0.25, 0.3) is 0 Å². The van der Waals surface area contributed by atoms with Crippen LogP contribution in [0.5, 0.6) is 5.75 Å². The van der Waals surface area contributed by atoms with Gasteiger partial charge in [0, 0.05) is 25.7 Å². The van der Waals surface area contributed by atoms with Crippen LogP contribution >= 0.6 is 0 Å². The van der Waals surface area contributed by atoms with E-state index in [0.717, 1.165) is 25.5 Å². The van der Waals surface area contributed by atoms with E-state index >= 15 is 0 Å². The van der Waals surface area contributed by atoms with E-state index in [2.05, 4.69) is 4.90 Å². The van der Waals surface area contributed by atoms with Gasteiger partial charge in [-0.15, -0.1) is 0 Å². The number of sulfonamides is 1. The molecule has 2 rings (SSSR count). The molecule has 118 valence electrons. The molecule has 1 aliphatic heterocycles. The number of methoxy groups -OCH3 is 1. The number of likely N-dealkylation sites (N-methyl/N-ethyl adjacent to an activating group) is 2. The van der Waals surface area contributed by atoms with E-state index in [-0.39, 0.29) is 16.7 Å². The van der Waals surface area contributed by atoms with E-state index in [1.54, 1.807) is 7.05 Å². The standard InChI is InChI=1S/C14H21FN2O3S/c1-16-8-4-5-11(10-16)17(2)21(18,19)12-6-7-13(15)14(9-12)20-3/h6-7,9,11H,4-5,8,10H2,1-3H3/t11-/m0/s1. The molecule has 1 aromatic carbocycles. The molecule has 1 heterocycles. The van der Waals surface area contributed by atoms with Gasteiger partial charge in [-0.3, -0.25) is 0 Å². The molecule has 0 aromatic heterocycles. The Kier molecular flexibility index (Phi) is 4.85. The Morgan fingerprint density at radius 2 is 2.14 bits per heavy atom. The molecule has 0 amide bonds.